The zero-order valence-corrected chi connectivity index (χ0v) is 10.8. The zero-order chi connectivity index (χ0) is 11.3. The summed E-state index contributed by atoms with van der Waals surface area (Å²) in [6.45, 7) is 3.41. The number of rotatable bonds is 5. The molecule has 0 spiro atoms. The Balaban J connectivity index is 2.27. The van der Waals surface area contributed by atoms with E-state index in [0.29, 0.717) is 6.54 Å². The van der Waals surface area contributed by atoms with Crippen LogP contribution in [-0.4, -0.2) is 17.6 Å². The van der Waals surface area contributed by atoms with Crippen LogP contribution in [0, 0.1) is 5.92 Å². The van der Waals surface area contributed by atoms with Gasteiger partial charge >= 0.3 is 0 Å². The summed E-state index contributed by atoms with van der Waals surface area (Å²) in [5.74, 6) is 0.299. The first-order valence-corrected chi connectivity index (χ1v) is 6.21. The second-order valence-corrected chi connectivity index (χ2v) is 5.20. The number of nitrogens with one attached hydrogen (secondary N) is 1. The number of oxime groups is 1. The van der Waals surface area contributed by atoms with Gasteiger partial charge in [0.2, 0.25) is 0 Å². The van der Waals surface area contributed by atoms with E-state index in [2.05, 4.69) is 32.5 Å². The molecule has 0 saturated carbocycles. The van der Waals surface area contributed by atoms with Gasteiger partial charge in [0, 0.05) is 33.7 Å². The number of hydrogen-bond acceptors (Lipinski definition) is 4. The van der Waals surface area contributed by atoms with Gasteiger partial charge in [-0.1, -0.05) is 12.1 Å². The quantitative estimate of drug-likeness (QED) is 0.336. The van der Waals surface area contributed by atoms with Gasteiger partial charge < -0.3 is 16.3 Å². The molecule has 0 aliphatic heterocycles. The maximum Gasteiger partial charge on any atom is 0.143 e. The molecule has 1 aromatic rings. The van der Waals surface area contributed by atoms with Gasteiger partial charge in [0.25, 0.3) is 0 Å². The normalized spacial score (nSPS) is 14.1. The molecule has 0 saturated heterocycles. The fraction of sp³-hybridized carbons (Fsp3) is 0.444. The predicted octanol–water partition coefficient (Wildman–Crippen LogP) is 1.98. The highest BCUT2D eigenvalue weighted by Crippen LogP contribution is 2.19. The Morgan fingerprint density at radius 3 is 3.07 bits per heavy atom. The number of hydrogen-bond donors (Lipinski definition) is 3. The van der Waals surface area contributed by atoms with Crippen LogP contribution >= 0.6 is 27.3 Å². The molecule has 0 fully saturated rings. The van der Waals surface area contributed by atoms with Crippen LogP contribution in [0.2, 0.25) is 0 Å². The highest BCUT2D eigenvalue weighted by molar-refractivity contribution is 9.10. The molecular formula is C9H14BrN3OS. The summed E-state index contributed by atoms with van der Waals surface area (Å²) in [7, 11) is 0. The molecule has 0 amide bonds. The Bertz CT molecular complexity index is 340. The lowest BCUT2D eigenvalue weighted by Crippen LogP contribution is -2.30. The van der Waals surface area contributed by atoms with Gasteiger partial charge in [0.15, 0.2) is 0 Å². The molecule has 15 heavy (non-hydrogen) atoms. The van der Waals surface area contributed by atoms with Crippen molar-refractivity contribution in [2.75, 3.05) is 6.54 Å². The minimum Gasteiger partial charge on any atom is -0.409 e. The molecule has 0 aliphatic carbocycles. The van der Waals surface area contributed by atoms with Gasteiger partial charge in [-0.3, -0.25) is 0 Å². The van der Waals surface area contributed by atoms with Crippen molar-refractivity contribution in [3.05, 3.63) is 20.8 Å². The molecular weight excluding hydrogens is 278 g/mol. The second-order valence-electron chi connectivity index (χ2n) is 3.29. The molecule has 0 radical (unpaired) electrons. The van der Waals surface area contributed by atoms with E-state index in [9.17, 15) is 0 Å². The van der Waals surface area contributed by atoms with E-state index >= 15 is 0 Å². The van der Waals surface area contributed by atoms with Crippen LogP contribution in [0.4, 0.5) is 0 Å². The SMILES string of the molecule is CC(CNCc1cc(Br)cs1)C(N)=NO. The van der Waals surface area contributed by atoms with Crippen molar-refractivity contribution in [1.29, 1.82) is 0 Å². The molecule has 6 heteroatoms. The fourth-order valence-corrected chi connectivity index (χ4v) is 2.48. The van der Waals surface area contributed by atoms with Crippen molar-refractivity contribution in [1.82, 2.24) is 5.32 Å². The van der Waals surface area contributed by atoms with Gasteiger partial charge in [-0.25, -0.2) is 0 Å². The first kappa shape index (κ1) is 12.5. The molecule has 4 nitrogen and oxygen atoms in total. The Labute approximate surface area is 101 Å². The molecule has 4 N–H and O–H groups in total. The van der Waals surface area contributed by atoms with Crippen molar-refractivity contribution in [3.63, 3.8) is 0 Å². The van der Waals surface area contributed by atoms with Crippen molar-refractivity contribution >= 4 is 33.1 Å². The van der Waals surface area contributed by atoms with E-state index in [4.69, 9.17) is 10.9 Å². The average Bonchev–Trinajstić information content (AvgIpc) is 2.63. The van der Waals surface area contributed by atoms with E-state index < -0.39 is 0 Å². The van der Waals surface area contributed by atoms with Gasteiger partial charge in [-0.2, -0.15) is 0 Å². The summed E-state index contributed by atoms with van der Waals surface area (Å²) < 4.78 is 1.11. The lowest BCUT2D eigenvalue weighted by atomic mass is 10.1. The molecule has 1 atom stereocenters. The highest BCUT2D eigenvalue weighted by atomic mass is 79.9. The summed E-state index contributed by atoms with van der Waals surface area (Å²) in [5, 5.41) is 16.7. The topological polar surface area (TPSA) is 70.6 Å². The Hall–Kier alpha value is -0.590. The van der Waals surface area contributed by atoms with E-state index in [0.717, 1.165) is 11.0 Å². The van der Waals surface area contributed by atoms with Gasteiger partial charge in [-0.05, 0) is 22.0 Å². The average molecular weight is 292 g/mol. The van der Waals surface area contributed by atoms with Crippen molar-refractivity contribution in [2.24, 2.45) is 16.8 Å². The standard InChI is InChI=1S/C9H14BrN3OS/c1-6(9(11)13-14)3-12-4-8-2-7(10)5-15-8/h2,5-6,12,14H,3-4H2,1H3,(H2,11,13). The summed E-state index contributed by atoms with van der Waals surface area (Å²) in [6, 6.07) is 2.08. The van der Waals surface area contributed by atoms with Crippen LogP contribution in [0.1, 0.15) is 11.8 Å². The largest absolute Gasteiger partial charge is 0.409 e. The third-order valence-electron chi connectivity index (χ3n) is 1.99. The fourth-order valence-electron chi connectivity index (χ4n) is 1.06. The maximum atomic E-state index is 8.46. The first-order valence-electron chi connectivity index (χ1n) is 4.54. The molecule has 0 aliphatic rings. The van der Waals surface area contributed by atoms with E-state index in [-0.39, 0.29) is 11.8 Å². The van der Waals surface area contributed by atoms with Crippen LogP contribution in [-0.2, 0) is 6.54 Å². The van der Waals surface area contributed by atoms with Gasteiger partial charge in [0.05, 0.1) is 0 Å². The second kappa shape index (κ2) is 6.09. The number of nitrogens with two attached hydrogens (primary N) is 1. The van der Waals surface area contributed by atoms with Gasteiger partial charge in [-0.15, -0.1) is 11.3 Å². The van der Waals surface area contributed by atoms with Crippen LogP contribution < -0.4 is 11.1 Å². The Morgan fingerprint density at radius 2 is 2.53 bits per heavy atom. The van der Waals surface area contributed by atoms with Gasteiger partial charge in [0.1, 0.15) is 5.84 Å². The van der Waals surface area contributed by atoms with E-state index in [1.165, 1.54) is 4.88 Å². The molecule has 1 aromatic heterocycles. The zero-order valence-electron chi connectivity index (χ0n) is 8.40. The number of amidine groups is 1. The van der Waals surface area contributed by atoms with E-state index in [1.54, 1.807) is 11.3 Å². The summed E-state index contributed by atoms with van der Waals surface area (Å²) >= 11 is 5.09. The molecule has 0 bridgehead atoms. The van der Waals surface area contributed by atoms with Crippen LogP contribution in [0.15, 0.2) is 21.1 Å². The van der Waals surface area contributed by atoms with Crippen LogP contribution in [0.3, 0.4) is 0 Å². The van der Waals surface area contributed by atoms with E-state index in [1.807, 2.05) is 12.3 Å². The lowest BCUT2D eigenvalue weighted by Gasteiger charge is -2.09. The minimum atomic E-state index is 0.0402. The molecule has 84 valence electrons. The third kappa shape index (κ3) is 4.19. The Morgan fingerprint density at radius 1 is 1.80 bits per heavy atom. The highest BCUT2D eigenvalue weighted by Gasteiger charge is 2.06. The number of thiophene rings is 1. The third-order valence-corrected chi connectivity index (χ3v) is 3.69. The van der Waals surface area contributed by atoms with Crippen LogP contribution in [0.5, 0.6) is 0 Å². The summed E-state index contributed by atoms with van der Waals surface area (Å²) in [5.41, 5.74) is 5.46. The lowest BCUT2D eigenvalue weighted by molar-refractivity contribution is 0.314. The predicted molar refractivity (Wildman–Crippen MR) is 66.3 cm³/mol. The smallest absolute Gasteiger partial charge is 0.143 e. The molecule has 0 aromatic carbocycles. The number of nitrogens with zero attached hydrogens (tertiary/aromatic N) is 1. The summed E-state index contributed by atoms with van der Waals surface area (Å²) in [4.78, 5) is 1.26. The van der Waals surface area contributed by atoms with Crippen molar-refractivity contribution in [2.45, 2.75) is 13.5 Å². The summed E-state index contributed by atoms with van der Waals surface area (Å²) in [6.07, 6.45) is 0. The molecule has 1 unspecified atom stereocenters. The van der Waals surface area contributed by atoms with Crippen molar-refractivity contribution in [3.8, 4) is 0 Å². The number of halogens is 1. The monoisotopic (exact) mass is 291 g/mol. The molecule has 1 rings (SSSR count). The molecule has 1 heterocycles. The maximum absolute atomic E-state index is 8.46. The minimum absolute atomic E-state index is 0.0402. The van der Waals surface area contributed by atoms with Crippen LogP contribution in [0.25, 0.3) is 0 Å². The first-order chi connectivity index (χ1) is 7.13. The van der Waals surface area contributed by atoms with Crippen molar-refractivity contribution < 1.29 is 5.21 Å². The Kier molecular flexibility index (Phi) is 5.07.